The lowest BCUT2D eigenvalue weighted by Gasteiger charge is -2.27. The van der Waals surface area contributed by atoms with Gasteiger partial charge in [0.25, 0.3) is 0 Å². The zero-order valence-electron chi connectivity index (χ0n) is 7.94. The summed E-state index contributed by atoms with van der Waals surface area (Å²) >= 11 is 0. The standard InChI is InChI=1S/C10H15FO2/c1-3-13-9(12)10(11)6-4-8(2)5-7-10/h2-7H2,1H3. The van der Waals surface area contributed by atoms with E-state index in [-0.39, 0.29) is 19.4 Å². The Balaban J connectivity index is 2.56. The fourth-order valence-corrected chi connectivity index (χ4v) is 1.46. The first-order valence-electron chi connectivity index (χ1n) is 4.61. The quantitative estimate of drug-likeness (QED) is 0.489. The zero-order valence-corrected chi connectivity index (χ0v) is 7.94. The van der Waals surface area contributed by atoms with Gasteiger partial charge in [0.1, 0.15) is 0 Å². The predicted molar refractivity (Wildman–Crippen MR) is 48.1 cm³/mol. The first-order valence-corrected chi connectivity index (χ1v) is 4.61. The molecule has 0 saturated heterocycles. The molecule has 0 N–H and O–H groups in total. The van der Waals surface area contributed by atoms with Gasteiger partial charge in [0, 0.05) is 0 Å². The highest BCUT2D eigenvalue weighted by Gasteiger charge is 2.41. The van der Waals surface area contributed by atoms with Crippen LogP contribution < -0.4 is 0 Å². The number of hydrogen-bond acceptors (Lipinski definition) is 2. The SMILES string of the molecule is C=C1CCC(F)(C(=O)OCC)CC1. The molecular formula is C10H15FO2. The van der Waals surface area contributed by atoms with E-state index < -0.39 is 11.6 Å². The first-order chi connectivity index (χ1) is 6.08. The molecule has 1 fully saturated rings. The van der Waals surface area contributed by atoms with Crippen LogP contribution in [0.15, 0.2) is 12.2 Å². The summed E-state index contributed by atoms with van der Waals surface area (Å²) in [6, 6.07) is 0. The molecule has 0 aliphatic heterocycles. The van der Waals surface area contributed by atoms with Crippen molar-refractivity contribution in [3.63, 3.8) is 0 Å². The van der Waals surface area contributed by atoms with Gasteiger partial charge in [-0.2, -0.15) is 0 Å². The number of hydrogen-bond donors (Lipinski definition) is 0. The Bertz CT molecular complexity index is 213. The van der Waals surface area contributed by atoms with Crippen molar-refractivity contribution in [1.29, 1.82) is 0 Å². The highest BCUT2D eigenvalue weighted by atomic mass is 19.1. The fraction of sp³-hybridized carbons (Fsp3) is 0.700. The summed E-state index contributed by atoms with van der Waals surface area (Å²) in [7, 11) is 0. The molecule has 0 radical (unpaired) electrons. The van der Waals surface area contributed by atoms with E-state index >= 15 is 0 Å². The maximum Gasteiger partial charge on any atom is 0.343 e. The van der Waals surface area contributed by atoms with E-state index in [1.54, 1.807) is 6.92 Å². The highest BCUT2D eigenvalue weighted by Crippen LogP contribution is 2.34. The van der Waals surface area contributed by atoms with Crippen LogP contribution in [-0.2, 0) is 9.53 Å². The molecular weight excluding hydrogens is 171 g/mol. The Hall–Kier alpha value is -0.860. The number of esters is 1. The van der Waals surface area contributed by atoms with E-state index in [0.29, 0.717) is 12.8 Å². The summed E-state index contributed by atoms with van der Waals surface area (Å²) in [6.07, 6.45) is 1.64. The average Bonchev–Trinajstić information content (AvgIpc) is 2.11. The van der Waals surface area contributed by atoms with Crippen LogP contribution >= 0.6 is 0 Å². The van der Waals surface area contributed by atoms with Gasteiger partial charge in [0.05, 0.1) is 6.61 Å². The van der Waals surface area contributed by atoms with E-state index in [0.717, 1.165) is 5.57 Å². The van der Waals surface area contributed by atoms with Crippen molar-refractivity contribution in [3.8, 4) is 0 Å². The molecule has 1 rings (SSSR count). The Kier molecular flexibility index (Phi) is 3.07. The molecule has 0 heterocycles. The number of alkyl halides is 1. The van der Waals surface area contributed by atoms with Crippen molar-refractivity contribution < 1.29 is 13.9 Å². The minimum atomic E-state index is -1.75. The summed E-state index contributed by atoms with van der Waals surface area (Å²) in [5.74, 6) is -0.706. The maximum atomic E-state index is 13.8. The van der Waals surface area contributed by atoms with Crippen molar-refractivity contribution in [2.45, 2.75) is 38.3 Å². The van der Waals surface area contributed by atoms with Gasteiger partial charge in [-0.25, -0.2) is 9.18 Å². The van der Waals surface area contributed by atoms with Crippen LogP contribution in [0.25, 0.3) is 0 Å². The molecule has 0 atom stereocenters. The van der Waals surface area contributed by atoms with Gasteiger partial charge in [-0.15, -0.1) is 0 Å². The fourth-order valence-electron chi connectivity index (χ4n) is 1.46. The van der Waals surface area contributed by atoms with Crippen molar-refractivity contribution in [2.24, 2.45) is 0 Å². The van der Waals surface area contributed by atoms with Crippen LogP contribution in [0.4, 0.5) is 4.39 Å². The van der Waals surface area contributed by atoms with Crippen LogP contribution in [0, 0.1) is 0 Å². The third-order valence-corrected chi connectivity index (χ3v) is 2.39. The number of ether oxygens (including phenoxy) is 1. The van der Waals surface area contributed by atoms with Gasteiger partial charge in [-0.1, -0.05) is 12.2 Å². The molecule has 13 heavy (non-hydrogen) atoms. The van der Waals surface area contributed by atoms with E-state index in [1.165, 1.54) is 0 Å². The molecule has 0 aromatic heterocycles. The van der Waals surface area contributed by atoms with Crippen LogP contribution in [0.5, 0.6) is 0 Å². The topological polar surface area (TPSA) is 26.3 Å². The highest BCUT2D eigenvalue weighted by molar-refractivity contribution is 5.79. The summed E-state index contributed by atoms with van der Waals surface area (Å²) in [6.45, 7) is 5.69. The van der Waals surface area contributed by atoms with Gasteiger partial charge >= 0.3 is 5.97 Å². The molecule has 0 bridgehead atoms. The number of rotatable bonds is 2. The Morgan fingerprint density at radius 2 is 2.15 bits per heavy atom. The molecule has 1 aliphatic rings. The number of halogens is 1. The molecule has 0 aromatic rings. The van der Waals surface area contributed by atoms with Gasteiger partial charge in [0.2, 0.25) is 5.67 Å². The third kappa shape index (κ3) is 2.29. The molecule has 0 unspecified atom stereocenters. The largest absolute Gasteiger partial charge is 0.464 e. The lowest BCUT2D eigenvalue weighted by Crippen LogP contribution is -2.37. The lowest BCUT2D eigenvalue weighted by molar-refractivity contribution is -0.159. The second-order valence-corrected chi connectivity index (χ2v) is 3.44. The van der Waals surface area contributed by atoms with Gasteiger partial charge in [0.15, 0.2) is 0 Å². The monoisotopic (exact) mass is 186 g/mol. The molecule has 0 amide bonds. The second-order valence-electron chi connectivity index (χ2n) is 3.44. The van der Waals surface area contributed by atoms with Crippen LogP contribution in [0.1, 0.15) is 32.6 Å². The van der Waals surface area contributed by atoms with E-state index in [2.05, 4.69) is 11.3 Å². The van der Waals surface area contributed by atoms with E-state index in [1.807, 2.05) is 0 Å². The molecule has 74 valence electrons. The molecule has 0 spiro atoms. The predicted octanol–water partition coefficient (Wildman–Crippen LogP) is 2.39. The van der Waals surface area contributed by atoms with Crippen molar-refractivity contribution in [3.05, 3.63) is 12.2 Å². The Morgan fingerprint density at radius 3 is 2.62 bits per heavy atom. The number of carbonyl (C=O) groups is 1. The lowest BCUT2D eigenvalue weighted by atomic mass is 9.84. The first kappa shape index (κ1) is 10.2. The Morgan fingerprint density at radius 1 is 1.62 bits per heavy atom. The Labute approximate surface area is 77.8 Å². The number of allylic oxidation sites excluding steroid dienone is 1. The van der Waals surface area contributed by atoms with Gasteiger partial charge in [-0.05, 0) is 32.6 Å². The van der Waals surface area contributed by atoms with Crippen LogP contribution in [-0.4, -0.2) is 18.2 Å². The molecule has 0 aromatic carbocycles. The summed E-state index contributed by atoms with van der Waals surface area (Å²) in [5, 5.41) is 0. The summed E-state index contributed by atoms with van der Waals surface area (Å²) in [4.78, 5) is 11.2. The molecule has 1 saturated carbocycles. The number of carbonyl (C=O) groups excluding carboxylic acids is 1. The van der Waals surface area contributed by atoms with Crippen LogP contribution in [0.3, 0.4) is 0 Å². The second kappa shape index (κ2) is 3.90. The summed E-state index contributed by atoms with van der Waals surface area (Å²) < 4.78 is 18.5. The van der Waals surface area contributed by atoms with Crippen molar-refractivity contribution in [1.82, 2.24) is 0 Å². The third-order valence-electron chi connectivity index (χ3n) is 2.39. The van der Waals surface area contributed by atoms with Crippen molar-refractivity contribution >= 4 is 5.97 Å². The normalized spacial score (nSPS) is 21.2. The molecule has 1 aliphatic carbocycles. The van der Waals surface area contributed by atoms with E-state index in [4.69, 9.17) is 0 Å². The summed E-state index contributed by atoms with van der Waals surface area (Å²) in [5.41, 5.74) is -0.727. The smallest absolute Gasteiger partial charge is 0.343 e. The molecule has 2 nitrogen and oxygen atoms in total. The van der Waals surface area contributed by atoms with Crippen LogP contribution in [0.2, 0.25) is 0 Å². The zero-order chi connectivity index (χ0) is 9.90. The van der Waals surface area contributed by atoms with Gasteiger partial charge < -0.3 is 4.74 Å². The van der Waals surface area contributed by atoms with Gasteiger partial charge in [-0.3, -0.25) is 0 Å². The van der Waals surface area contributed by atoms with Crippen molar-refractivity contribution in [2.75, 3.05) is 6.61 Å². The average molecular weight is 186 g/mol. The van der Waals surface area contributed by atoms with E-state index in [9.17, 15) is 9.18 Å². The molecule has 3 heteroatoms. The maximum absolute atomic E-state index is 13.8. The minimum Gasteiger partial charge on any atom is -0.464 e. The minimum absolute atomic E-state index is 0.227.